The molecule has 1 unspecified atom stereocenters. The maximum atomic E-state index is 12.0. The van der Waals surface area contributed by atoms with Crippen LogP contribution in [-0.4, -0.2) is 31.7 Å². The molecule has 0 aliphatic carbocycles. The summed E-state index contributed by atoms with van der Waals surface area (Å²) in [5.74, 6) is -0.679. The van der Waals surface area contributed by atoms with Gasteiger partial charge in [0.15, 0.2) is 5.65 Å². The standard InChI is InChI=1S/C12H14N4O3/c1-6-7(2)14-10-5-4-9(13-8(3)12(18)19)15-16(10)11(6)17/h4-5,8H,1-3H3,(H,13,15)(H,18,19). The van der Waals surface area contributed by atoms with Gasteiger partial charge in [0.1, 0.15) is 11.9 Å². The Bertz CT molecular complexity index is 708. The Morgan fingerprint density at radius 2 is 2.11 bits per heavy atom. The number of nitrogens with one attached hydrogen (secondary N) is 1. The molecule has 2 aromatic heterocycles. The van der Waals surface area contributed by atoms with Crippen molar-refractivity contribution in [2.45, 2.75) is 26.8 Å². The van der Waals surface area contributed by atoms with Crippen molar-refractivity contribution in [3.05, 3.63) is 33.7 Å². The Labute approximate surface area is 108 Å². The zero-order valence-corrected chi connectivity index (χ0v) is 10.8. The molecule has 2 N–H and O–H groups in total. The molecule has 19 heavy (non-hydrogen) atoms. The predicted molar refractivity (Wildman–Crippen MR) is 69.5 cm³/mol. The van der Waals surface area contributed by atoms with Crippen molar-refractivity contribution in [3.8, 4) is 0 Å². The number of hydrogen-bond donors (Lipinski definition) is 2. The summed E-state index contributed by atoms with van der Waals surface area (Å²) in [5, 5.41) is 15.6. The third-order valence-corrected chi connectivity index (χ3v) is 2.89. The Kier molecular flexibility index (Phi) is 3.20. The quantitative estimate of drug-likeness (QED) is 0.840. The van der Waals surface area contributed by atoms with Gasteiger partial charge in [-0.25, -0.2) is 4.98 Å². The van der Waals surface area contributed by atoms with Gasteiger partial charge >= 0.3 is 5.97 Å². The van der Waals surface area contributed by atoms with Crippen molar-refractivity contribution in [1.29, 1.82) is 0 Å². The van der Waals surface area contributed by atoms with Crippen LogP contribution in [0.5, 0.6) is 0 Å². The Morgan fingerprint density at radius 1 is 1.42 bits per heavy atom. The molecule has 0 saturated heterocycles. The van der Waals surface area contributed by atoms with Gasteiger partial charge in [0.2, 0.25) is 0 Å². The number of aromatic nitrogens is 3. The summed E-state index contributed by atoms with van der Waals surface area (Å²) in [6.45, 7) is 4.93. The van der Waals surface area contributed by atoms with Gasteiger partial charge in [0.05, 0.1) is 0 Å². The Hall–Kier alpha value is -2.44. The average molecular weight is 262 g/mol. The second-order valence-electron chi connectivity index (χ2n) is 4.32. The predicted octanol–water partition coefficient (Wildman–Crippen LogP) is 0.591. The highest BCUT2D eigenvalue weighted by Gasteiger charge is 2.12. The van der Waals surface area contributed by atoms with Gasteiger partial charge in [-0.2, -0.15) is 4.52 Å². The number of hydrogen-bond acceptors (Lipinski definition) is 5. The summed E-state index contributed by atoms with van der Waals surface area (Å²) in [4.78, 5) is 27.0. The average Bonchev–Trinajstić information content (AvgIpc) is 2.37. The zero-order chi connectivity index (χ0) is 14.2. The van der Waals surface area contributed by atoms with Crippen LogP contribution in [-0.2, 0) is 4.79 Å². The first-order valence-electron chi connectivity index (χ1n) is 5.77. The lowest BCUT2D eigenvalue weighted by atomic mass is 10.3. The topological polar surface area (TPSA) is 96.6 Å². The van der Waals surface area contributed by atoms with Crippen LogP contribution in [0.1, 0.15) is 18.2 Å². The smallest absolute Gasteiger partial charge is 0.325 e. The number of nitrogens with zero attached hydrogens (tertiary/aromatic N) is 3. The first-order chi connectivity index (χ1) is 8.90. The van der Waals surface area contributed by atoms with Gasteiger partial charge in [0.25, 0.3) is 5.56 Å². The van der Waals surface area contributed by atoms with Gasteiger partial charge in [-0.15, -0.1) is 5.10 Å². The minimum atomic E-state index is -0.993. The summed E-state index contributed by atoms with van der Waals surface area (Å²) in [6, 6.07) is 2.42. The molecule has 0 spiro atoms. The van der Waals surface area contributed by atoms with Crippen LogP contribution in [0.25, 0.3) is 5.65 Å². The lowest BCUT2D eigenvalue weighted by Crippen LogP contribution is -2.28. The van der Waals surface area contributed by atoms with Gasteiger partial charge in [-0.3, -0.25) is 9.59 Å². The van der Waals surface area contributed by atoms with Crippen molar-refractivity contribution in [1.82, 2.24) is 14.6 Å². The number of rotatable bonds is 3. The first kappa shape index (κ1) is 13.0. The minimum absolute atomic E-state index is 0.255. The van der Waals surface area contributed by atoms with Crippen molar-refractivity contribution < 1.29 is 9.90 Å². The van der Waals surface area contributed by atoms with E-state index >= 15 is 0 Å². The number of carboxylic acid groups (broad SMARTS) is 1. The van der Waals surface area contributed by atoms with Crippen molar-refractivity contribution in [3.63, 3.8) is 0 Å². The monoisotopic (exact) mass is 262 g/mol. The van der Waals surface area contributed by atoms with Gasteiger partial charge in [-0.05, 0) is 32.9 Å². The van der Waals surface area contributed by atoms with E-state index in [1.165, 1.54) is 11.4 Å². The second kappa shape index (κ2) is 4.68. The van der Waals surface area contributed by atoms with E-state index in [4.69, 9.17) is 5.11 Å². The number of aryl methyl sites for hydroxylation is 1. The number of carbonyl (C=O) groups is 1. The number of anilines is 1. The van der Waals surface area contributed by atoms with Crippen LogP contribution < -0.4 is 10.9 Å². The molecule has 0 aromatic carbocycles. The number of carboxylic acids is 1. The lowest BCUT2D eigenvalue weighted by Gasteiger charge is -2.10. The fourth-order valence-corrected chi connectivity index (χ4v) is 1.58. The van der Waals surface area contributed by atoms with E-state index in [2.05, 4.69) is 15.4 Å². The van der Waals surface area contributed by atoms with E-state index in [1.54, 1.807) is 26.0 Å². The molecular weight excluding hydrogens is 248 g/mol. The van der Waals surface area contributed by atoms with Crippen molar-refractivity contribution >= 4 is 17.4 Å². The maximum absolute atomic E-state index is 12.0. The molecule has 2 heterocycles. The van der Waals surface area contributed by atoms with Crippen LogP contribution >= 0.6 is 0 Å². The largest absolute Gasteiger partial charge is 0.480 e. The van der Waals surface area contributed by atoms with Crippen LogP contribution in [0.15, 0.2) is 16.9 Å². The summed E-state index contributed by atoms with van der Waals surface area (Å²) in [6.07, 6.45) is 0. The highest BCUT2D eigenvalue weighted by Crippen LogP contribution is 2.07. The highest BCUT2D eigenvalue weighted by molar-refractivity contribution is 5.76. The van der Waals surface area contributed by atoms with Crippen molar-refractivity contribution in [2.75, 3.05) is 5.32 Å². The lowest BCUT2D eigenvalue weighted by molar-refractivity contribution is -0.137. The normalized spacial score (nSPS) is 12.4. The van der Waals surface area contributed by atoms with E-state index < -0.39 is 12.0 Å². The molecule has 2 rings (SSSR count). The van der Waals surface area contributed by atoms with Gasteiger partial charge < -0.3 is 10.4 Å². The molecule has 100 valence electrons. The zero-order valence-electron chi connectivity index (χ0n) is 10.8. The third-order valence-electron chi connectivity index (χ3n) is 2.89. The fourth-order valence-electron chi connectivity index (χ4n) is 1.58. The minimum Gasteiger partial charge on any atom is -0.480 e. The van der Waals surface area contributed by atoms with E-state index in [0.29, 0.717) is 22.7 Å². The molecule has 1 atom stereocenters. The summed E-state index contributed by atoms with van der Waals surface area (Å²) >= 11 is 0. The molecule has 0 fully saturated rings. The molecule has 0 radical (unpaired) electrons. The molecule has 0 saturated carbocycles. The van der Waals surface area contributed by atoms with E-state index in [1.807, 2.05) is 0 Å². The van der Waals surface area contributed by atoms with Crippen LogP contribution in [0, 0.1) is 13.8 Å². The van der Waals surface area contributed by atoms with Crippen LogP contribution in [0.3, 0.4) is 0 Å². The molecule has 0 bridgehead atoms. The fraction of sp³-hybridized carbons (Fsp3) is 0.333. The molecule has 7 heteroatoms. The van der Waals surface area contributed by atoms with Gasteiger partial charge in [0, 0.05) is 11.3 Å². The summed E-state index contributed by atoms with van der Waals surface area (Å²) in [7, 11) is 0. The van der Waals surface area contributed by atoms with E-state index in [-0.39, 0.29) is 5.56 Å². The summed E-state index contributed by atoms with van der Waals surface area (Å²) < 4.78 is 1.17. The SMILES string of the molecule is Cc1nc2ccc(NC(C)C(=O)O)nn2c(=O)c1C. The summed E-state index contributed by atoms with van der Waals surface area (Å²) in [5.41, 5.74) is 1.36. The molecule has 0 amide bonds. The van der Waals surface area contributed by atoms with E-state index in [0.717, 1.165) is 0 Å². The Balaban J connectivity index is 2.52. The molecule has 0 aliphatic heterocycles. The van der Waals surface area contributed by atoms with Crippen molar-refractivity contribution in [2.24, 2.45) is 0 Å². The number of aliphatic carboxylic acids is 1. The molecule has 7 nitrogen and oxygen atoms in total. The van der Waals surface area contributed by atoms with Gasteiger partial charge in [-0.1, -0.05) is 0 Å². The highest BCUT2D eigenvalue weighted by atomic mass is 16.4. The molecule has 0 aliphatic rings. The second-order valence-corrected chi connectivity index (χ2v) is 4.32. The first-order valence-corrected chi connectivity index (χ1v) is 5.77. The maximum Gasteiger partial charge on any atom is 0.325 e. The number of fused-ring (bicyclic) bond motifs is 1. The third kappa shape index (κ3) is 2.40. The van der Waals surface area contributed by atoms with Crippen LogP contribution in [0.4, 0.5) is 5.82 Å². The van der Waals surface area contributed by atoms with Crippen LogP contribution in [0.2, 0.25) is 0 Å². The molecular formula is C12H14N4O3. The van der Waals surface area contributed by atoms with E-state index in [9.17, 15) is 9.59 Å². The Morgan fingerprint density at radius 3 is 2.74 bits per heavy atom. The molecule has 2 aromatic rings.